The lowest BCUT2D eigenvalue weighted by molar-refractivity contribution is -0.161. The number of likely N-dealkylation sites (tertiary alicyclic amines) is 1. The van der Waals surface area contributed by atoms with Crippen molar-refractivity contribution in [3.63, 3.8) is 0 Å². The molecule has 6 nitrogen and oxygen atoms in total. The second-order valence-corrected chi connectivity index (χ2v) is 11.7. The molecule has 2 atom stereocenters. The lowest BCUT2D eigenvalue weighted by Gasteiger charge is -2.40. The van der Waals surface area contributed by atoms with Gasteiger partial charge in [0.2, 0.25) is 10.0 Å². The molecule has 0 bridgehead atoms. The summed E-state index contributed by atoms with van der Waals surface area (Å²) in [4.78, 5) is 14.7. The van der Waals surface area contributed by atoms with Crippen molar-refractivity contribution in [3.8, 4) is 11.1 Å². The van der Waals surface area contributed by atoms with Crippen LogP contribution in [0, 0.1) is 11.6 Å². The minimum Gasteiger partial charge on any atom is -0.380 e. The van der Waals surface area contributed by atoms with Gasteiger partial charge in [0.15, 0.2) is 0 Å². The molecule has 2 aromatic carbocycles. The summed E-state index contributed by atoms with van der Waals surface area (Å²) in [5.74, 6) is -1.42. The first-order valence-electron chi connectivity index (χ1n) is 11.8. The Bertz CT molecular complexity index is 1210. The van der Waals surface area contributed by atoms with Crippen molar-refractivity contribution in [3.05, 3.63) is 59.7 Å². The third kappa shape index (κ3) is 4.36. The molecule has 0 spiro atoms. The van der Waals surface area contributed by atoms with Gasteiger partial charge >= 0.3 is 0 Å². The molecule has 2 saturated carbocycles. The van der Waals surface area contributed by atoms with Crippen molar-refractivity contribution in [1.82, 2.24) is 9.62 Å². The molecule has 0 aromatic heterocycles. The van der Waals surface area contributed by atoms with E-state index >= 15 is 4.39 Å². The highest BCUT2D eigenvalue weighted by molar-refractivity contribution is 7.90. The maximum atomic E-state index is 15.6. The van der Waals surface area contributed by atoms with Gasteiger partial charge in [-0.1, -0.05) is 30.3 Å². The minimum atomic E-state index is -3.52. The molecule has 1 aliphatic heterocycles. The number of sulfonamides is 1. The van der Waals surface area contributed by atoms with Crippen LogP contribution in [0.4, 0.5) is 8.78 Å². The number of hydrogen-bond acceptors (Lipinski definition) is 4. The van der Waals surface area contributed by atoms with E-state index in [4.69, 9.17) is 0 Å². The van der Waals surface area contributed by atoms with Gasteiger partial charge in [-0.05, 0) is 68.2 Å². The summed E-state index contributed by atoms with van der Waals surface area (Å²) < 4.78 is 57.4. The van der Waals surface area contributed by atoms with Gasteiger partial charge in [-0.25, -0.2) is 21.9 Å². The molecule has 34 heavy (non-hydrogen) atoms. The molecule has 3 aliphatic rings. The Morgan fingerprint density at radius 2 is 1.85 bits per heavy atom. The zero-order valence-corrected chi connectivity index (χ0v) is 19.5. The van der Waals surface area contributed by atoms with Gasteiger partial charge in [0, 0.05) is 18.2 Å². The maximum absolute atomic E-state index is 15.6. The Morgan fingerprint density at radius 3 is 2.50 bits per heavy atom. The smallest absolute Gasteiger partial charge is 0.254 e. The molecular weight excluding hydrogens is 462 g/mol. The number of nitrogens with zero attached hydrogens (tertiary/aromatic N) is 1. The van der Waals surface area contributed by atoms with Crippen LogP contribution in [0.15, 0.2) is 42.5 Å². The van der Waals surface area contributed by atoms with Crippen LogP contribution in [0.2, 0.25) is 0 Å². The molecule has 1 heterocycles. The molecule has 1 amide bonds. The van der Waals surface area contributed by atoms with Crippen LogP contribution in [-0.4, -0.2) is 53.8 Å². The van der Waals surface area contributed by atoms with E-state index in [0.29, 0.717) is 43.2 Å². The van der Waals surface area contributed by atoms with Crippen LogP contribution in [0.1, 0.15) is 44.1 Å². The van der Waals surface area contributed by atoms with Crippen molar-refractivity contribution < 1.29 is 27.1 Å². The Hall–Kier alpha value is -2.36. The highest BCUT2D eigenvalue weighted by atomic mass is 32.2. The third-order valence-corrected chi connectivity index (χ3v) is 9.29. The summed E-state index contributed by atoms with van der Waals surface area (Å²) >= 11 is 0. The fourth-order valence-corrected chi connectivity index (χ4v) is 6.66. The van der Waals surface area contributed by atoms with Gasteiger partial charge in [0.05, 0.1) is 11.3 Å². The molecule has 3 fully saturated rings. The number of nitrogens with one attached hydrogen (secondary N) is 1. The summed E-state index contributed by atoms with van der Waals surface area (Å²) in [5, 5.41) is 10.3. The van der Waals surface area contributed by atoms with Gasteiger partial charge in [-0.3, -0.25) is 4.79 Å². The average molecular weight is 491 g/mol. The lowest BCUT2D eigenvalue weighted by atomic mass is 9.79. The predicted molar refractivity (Wildman–Crippen MR) is 123 cm³/mol. The molecule has 5 rings (SSSR count). The largest absolute Gasteiger partial charge is 0.380 e. The van der Waals surface area contributed by atoms with Crippen molar-refractivity contribution >= 4 is 15.9 Å². The summed E-state index contributed by atoms with van der Waals surface area (Å²) in [7, 11) is -3.52. The number of aliphatic hydroxyl groups is 1. The highest BCUT2D eigenvalue weighted by Gasteiger charge is 2.50. The summed E-state index contributed by atoms with van der Waals surface area (Å²) in [5.41, 5.74) is -0.485. The quantitative estimate of drug-likeness (QED) is 0.625. The van der Waals surface area contributed by atoms with Crippen LogP contribution < -0.4 is 4.72 Å². The van der Waals surface area contributed by atoms with Crippen LogP contribution in [-0.2, 0) is 21.2 Å². The monoisotopic (exact) mass is 490 g/mol. The first-order chi connectivity index (χ1) is 16.2. The SMILES string of the molecule is O=C(N1CC[C@H](NS(=O)(=O)C2CC2)[C@@H]1Cc1cccc(-c2cccc(F)c2)c1F)C1(O)CCC1. The molecule has 2 aliphatic carbocycles. The Kier molecular flexibility index (Phi) is 5.98. The number of carbonyl (C=O) groups excluding carboxylic acids is 1. The van der Waals surface area contributed by atoms with E-state index in [0.717, 1.165) is 6.42 Å². The van der Waals surface area contributed by atoms with Crippen molar-refractivity contribution in [2.75, 3.05) is 6.54 Å². The summed E-state index contributed by atoms with van der Waals surface area (Å²) in [6.07, 6.45) is 3.19. The third-order valence-electron chi connectivity index (χ3n) is 7.31. The Labute approximate surface area is 198 Å². The number of hydrogen-bond donors (Lipinski definition) is 2. The van der Waals surface area contributed by atoms with Gasteiger partial charge in [-0.15, -0.1) is 0 Å². The first-order valence-corrected chi connectivity index (χ1v) is 13.3. The second kappa shape index (κ2) is 8.70. The molecule has 2 aromatic rings. The lowest BCUT2D eigenvalue weighted by Crippen LogP contribution is -2.57. The molecule has 9 heteroatoms. The van der Waals surface area contributed by atoms with Crippen molar-refractivity contribution in [2.45, 2.75) is 67.9 Å². The van der Waals surface area contributed by atoms with E-state index in [1.54, 1.807) is 24.3 Å². The molecule has 2 N–H and O–H groups in total. The van der Waals surface area contributed by atoms with Crippen molar-refractivity contribution in [1.29, 1.82) is 0 Å². The predicted octanol–water partition coefficient (Wildman–Crippen LogP) is 3.14. The van der Waals surface area contributed by atoms with E-state index in [1.807, 2.05) is 0 Å². The number of carbonyl (C=O) groups is 1. The molecule has 0 unspecified atom stereocenters. The second-order valence-electron chi connectivity index (χ2n) is 9.70. The summed E-state index contributed by atoms with van der Waals surface area (Å²) in [6, 6.07) is 9.30. The topological polar surface area (TPSA) is 86.7 Å². The zero-order valence-electron chi connectivity index (χ0n) is 18.7. The minimum absolute atomic E-state index is 0.0780. The van der Waals surface area contributed by atoms with E-state index in [2.05, 4.69) is 4.72 Å². The first kappa shape index (κ1) is 23.4. The highest BCUT2D eigenvalue weighted by Crippen LogP contribution is 2.37. The van der Waals surface area contributed by atoms with E-state index in [1.165, 1.54) is 23.1 Å². The standard InChI is InChI=1S/C25H28F2N2O4S/c26-18-6-1-4-16(14-18)20-7-2-5-17(23(20)27)15-22-21(28-34(32,33)19-8-9-19)10-13-29(22)24(30)25(31)11-3-12-25/h1-2,4-7,14,19,21-22,28,31H,3,8-13,15H2/t21-,22-/m0/s1. The normalized spacial score (nSPS) is 24.1. The summed E-state index contributed by atoms with van der Waals surface area (Å²) in [6.45, 7) is 0.287. The number of rotatable bonds is 7. The van der Waals surface area contributed by atoms with Gasteiger partial charge in [0.1, 0.15) is 17.2 Å². The van der Waals surface area contributed by atoms with Gasteiger partial charge in [-0.2, -0.15) is 0 Å². The van der Waals surface area contributed by atoms with Crippen LogP contribution in [0.25, 0.3) is 11.1 Å². The van der Waals surface area contributed by atoms with Crippen LogP contribution >= 0.6 is 0 Å². The fourth-order valence-electron chi connectivity index (χ4n) is 5.02. The molecule has 0 radical (unpaired) electrons. The maximum Gasteiger partial charge on any atom is 0.254 e. The van der Waals surface area contributed by atoms with E-state index in [9.17, 15) is 22.7 Å². The molecule has 1 saturated heterocycles. The number of halogens is 2. The number of benzene rings is 2. The van der Waals surface area contributed by atoms with Crippen LogP contribution in [0.5, 0.6) is 0 Å². The van der Waals surface area contributed by atoms with E-state index in [-0.39, 0.29) is 18.5 Å². The number of amides is 1. The molecule has 182 valence electrons. The molecular formula is C25H28F2N2O4S. The Morgan fingerprint density at radius 1 is 1.12 bits per heavy atom. The zero-order chi connectivity index (χ0) is 24.1. The fraction of sp³-hybridized carbons (Fsp3) is 0.480. The van der Waals surface area contributed by atoms with Crippen LogP contribution in [0.3, 0.4) is 0 Å². The van der Waals surface area contributed by atoms with Crippen molar-refractivity contribution in [2.24, 2.45) is 0 Å². The Balaban J connectivity index is 1.46. The van der Waals surface area contributed by atoms with Gasteiger partial charge in [0.25, 0.3) is 5.91 Å². The van der Waals surface area contributed by atoms with Gasteiger partial charge < -0.3 is 10.0 Å². The van der Waals surface area contributed by atoms with E-state index < -0.39 is 50.5 Å². The average Bonchev–Trinajstić information content (AvgIpc) is 3.57.